The lowest BCUT2D eigenvalue weighted by Crippen LogP contribution is -2.54. The molecule has 0 aromatic carbocycles. The van der Waals surface area contributed by atoms with Crippen LogP contribution in [-0.2, 0) is 19.2 Å². The van der Waals surface area contributed by atoms with Crippen LogP contribution in [0.25, 0.3) is 0 Å². The van der Waals surface area contributed by atoms with Crippen molar-refractivity contribution in [3.63, 3.8) is 0 Å². The summed E-state index contributed by atoms with van der Waals surface area (Å²) in [6, 6.07) is -2.91. The minimum absolute atomic E-state index is 0.00464. The van der Waals surface area contributed by atoms with Gasteiger partial charge in [0, 0.05) is 11.5 Å². The molecule has 0 bridgehead atoms. The summed E-state index contributed by atoms with van der Waals surface area (Å²) in [5.74, 6) is -2.92. The molecule has 0 saturated heterocycles. The predicted octanol–water partition coefficient (Wildman–Crippen LogP) is -2.53. The van der Waals surface area contributed by atoms with Gasteiger partial charge in [-0.1, -0.05) is 0 Å². The fourth-order valence-corrected chi connectivity index (χ4v) is 2.26. The number of hydrogen-bond acceptors (Lipinski definition) is 8. The fourth-order valence-electron chi connectivity index (χ4n) is 1.84. The number of carbonyl (C=O) groups excluding carboxylic acids is 3. The molecule has 0 spiro atoms. The molecule has 0 radical (unpaired) electrons. The van der Waals surface area contributed by atoms with Crippen LogP contribution in [0.4, 0.5) is 0 Å². The van der Waals surface area contributed by atoms with Gasteiger partial charge in [0.05, 0.1) is 12.6 Å². The maximum atomic E-state index is 12.0. The monoisotopic (exact) mass is 409 g/mol. The van der Waals surface area contributed by atoms with Crippen LogP contribution < -0.4 is 27.4 Å². The third-order valence-corrected chi connectivity index (χ3v) is 4.11. The lowest BCUT2D eigenvalue weighted by Gasteiger charge is -2.19. The van der Waals surface area contributed by atoms with E-state index in [1.165, 1.54) is 0 Å². The number of carboxylic acids is 1. The minimum atomic E-state index is -1.16. The van der Waals surface area contributed by atoms with Crippen LogP contribution in [0, 0.1) is 0 Å². The number of carbonyl (C=O) groups is 4. The van der Waals surface area contributed by atoms with E-state index in [9.17, 15) is 19.2 Å². The third-order valence-electron chi connectivity index (χ3n) is 3.35. The van der Waals surface area contributed by atoms with Gasteiger partial charge in [0.25, 0.3) is 0 Å². The van der Waals surface area contributed by atoms with Gasteiger partial charge in [-0.25, -0.2) is 4.79 Å². The molecule has 0 saturated carbocycles. The van der Waals surface area contributed by atoms with Gasteiger partial charge in [-0.15, -0.1) is 0 Å². The number of aliphatic carboxylic acids is 1. The molecule has 0 aromatic heterocycles. The first-order valence-electron chi connectivity index (χ1n) is 8.04. The molecule has 0 fully saturated rings. The van der Waals surface area contributed by atoms with Crippen LogP contribution in [-0.4, -0.2) is 71.5 Å². The molecule has 0 aromatic rings. The molecule has 0 aliphatic rings. The first kappa shape index (κ1) is 24.5. The highest BCUT2D eigenvalue weighted by Gasteiger charge is 2.23. The standard InChI is InChI=1S/C14H27N5O5S2/c15-4-2-1-3-9(14(23)24)18-11(20)5-17-13(22)10(7-26)19-12(21)8(16)6-25/h8-10,25-26H,1-7,15-16H2,(H,17,22)(H,18,20)(H,19,21)(H,23,24). The van der Waals surface area contributed by atoms with E-state index in [0.717, 1.165) is 0 Å². The summed E-state index contributed by atoms with van der Waals surface area (Å²) in [5.41, 5.74) is 10.8. The van der Waals surface area contributed by atoms with Crippen molar-refractivity contribution < 1.29 is 24.3 Å². The van der Waals surface area contributed by atoms with Gasteiger partial charge in [-0.2, -0.15) is 25.3 Å². The van der Waals surface area contributed by atoms with E-state index >= 15 is 0 Å². The summed E-state index contributed by atoms with van der Waals surface area (Å²) in [5, 5.41) is 16.1. The van der Waals surface area contributed by atoms with Gasteiger partial charge in [-0.05, 0) is 25.8 Å². The second kappa shape index (κ2) is 13.7. The molecule has 0 aliphatic carbocycles. The fraction of sp³-hybridized carbons (Fsp3) is 0.714. The average molecular weight is 410 g/mol. The number of amides is 3. The van der Waals surface area contributed by atoms with Crippen LogP contribution in [0.2, 0.25) is 0 Å². The van der Waals surface area contributed by atoms with Crippen molar-refractivity contribution in [1.29, 1.82) is 0 Å². The van der Waals surface area contributed by atoms with E-state index < -0.39 is 48.4 Å². The zero-order valence-corrected chi connectivity index (χ0v) is 16.1. The summed E-state index contributed by atoms with van der Waals surface area (Å²) in [4.78, 5) is 46.6. The number of thiol groups is 2. The molecule has 3 unspecified atom stereocenters. The second-order valence-corrected chi connectivity index (χ2v) is 6.22. The van der Waals surface area contributed by atoms with Crippen LogP contribution in [0.3, 0.4) is 0 Å². The number of unbranched alkanes of at least 4 members (excludes halogenated alkanes) is 1. The first-order chi connectivity index (χ1) is 12.3. The zero-order chi connectivity index (χ0) is 20.1. The van der Waals surface area contributed by atoms with Crippen molar-refractivity contribution in [2.24, 2.45) is 11.5 Å². The van der Waals surface area contributed by atoms with Crippen molar-refractivity contribution in [2.45, 2.75) is 37.4 Å². The highest BCUT2D eigenvalue weighted by Crippen LogP contribution is 2.00. The average Bonchev–Trinajstić information content (AvgIpc) is 2.62. The Bertz CT molecular complexity index is 494. The number of carboxylic acid groups (broad SMARTS) is 1. The number of nitrogens with one attached hydrogen (secondary N) is 3. The summed E-state index contributed by atoms with van der Waals surface area (Å²) < 4.78 is 0. The van der Waals surface area contributed by atoms with Gasteiger partial charge in [-0.3, -0.25) is 14.4 Å². The van der Waals surface area contributed by atoms with E-state index in [-0.39, 0.29) is 17.9 Å². The normalized spacial score (nSPS) is 14.0. The molecule has 12 heteroatoms. The van der Waals surface area contributed by atoms with Crippen LogP contribution in [0.5, 0.6) is 0 Å². The Hall–Kier alpha value is -1.50. The third kappa shape index (κ3) is 9.85. The Morgan fingerprint density at radius 1 is 0.962 bits per heavy atom. The van der Waals surface area contributed by atoms with Crippen LogP contribution in [0.15, 0.2) is 0 Å². The molecule has 8 N–H and O–H groups in total. The lowest BCUT2D eigenvalue weighted by atomic mass is 10.1. The van der Waals surface area contributed by atoms with Crippen LogP contribution >= 0.6 is 25.3 Å². The van der Waals surface area contributed by atoms with Crippen molar-refractivity contribution in [2.75, 3.05) is 24.6 Å². The number of rotatable bonds is 13. The van der Waals surface area contributed by atoms with Crippen molar-refractivity contribution >= 4 is 48.9 Å². The topological polar surface area (TPSA) is 177 Å². The van der Waals surface area contributed by atoms with Gasteiger partial charge in [0.2, 0.25) is 17.7 Å². The molecule has 0 aliphatic heterocycles. The molecule has 150 valence electrons. The molecule has 3 atom stereocenters. The Kier molecular flexibility index (Phi) is 12.9. The van der Waals surface area contributed by atoms with Gasteiger partial charge < -0.3 is 32.5 Å². The Labute approximate surface area is 163 Å². The maximum absolute atomic E-state index is 12.0. The molecule has 3 amide bonds. The quantitative estimate of drug-likeness (QED) is 0.122. The lowest BCUT2D eigenvalue weighted by molar-refractivity contribution is -0.142. The van der Waals surface area contributed by atoms with E-state index in [0.29, 0.717) is 19.4 Å². The molecule has 0 rings (SSSR count). The predicted molar refractivity (Wildman–Crippen MR) is 103 cm³/mol. The molecular formula is C14H27N5O5S2. The summed E-state index contributed by atoms with van der Waals surface area (Å²) in [6.07, 6.45) is 1.44. The Balaban J connectivity index is 4.46. The van der Waals surface area contributed by atoms with Crippen molar-refractivity contribution in [3.8, 4) is 0 Å². The van der Waals surface area contributed by atoms with Gasteiger partial charge in [0.1, 0.15) is 12.1 Å². The molecule has 10 nitrogen and oxygen atoms in total. The van der Waals surface area contributed by atoms with Crippen molar-refractivity contribution in [1.82, 2.24) is 16.0 Å². The Morgan fingerprint density at radius 3 is 2.12 bits per heavy atom. The zero-order valence-electron chi connectivity index (χ0n) is 14.3. The van der Waals surface area contributed by atoms with E-state index in [2.05, 4.69) is 41.2 Å². The molecule has 0 heterocycles. The van der Waals surface area contributed by atoms with Gasteiger partial charge in [0.15, 0.2) is 0 Å². The Morgan fingerprint density at radius 2 is 1.62 bits per heavy atom. The largest absolute Gasteiger partial charge is 0.480 e. The molecule has 26 heavy (non-hydrogen) atoms. The second-order valence-electron chi connectivity index (χ2n) is 5.49. The minimum Gasteiger partial charge on any atom is -0.480 e. The summed E-state index contributed by atoms with van der Waals surface area (Å²) >= 11 is 7.87. The SMILES string of the molecule is NCCCCC(NC(=O)CNC(=O)C(CS)NC(=O)C(N)CS)C(=O)O. The summed E-state index contributed by atoms with van der Waals surface area (Å²) in [7, 11) is 0. The van der Waals surface area contributed by atoms with Crippen LogP contribution in [0.1, 0.15) is 19.3 Å². The summed E-state index contributed by atoms with van der Waals surface area (Å²) in [6.45, 7) is 0.00231. The number of nitrogens with two attached hydrogens (primary N) is 2. The maximum Gasteiger partial charge on any atom is 0.326 e. The van der Waals surface area contributed by atoms with E-state index in [1.807, 2.05) is 0 Å². The first-order valence-corrected chi connectivity index (χ1v) is 9.30. The van der Waals surface area contributed by atoms with E-state index in [1.54, 1.807) is 0 Å². The van der Waals surface area contributed by atoms with Crippen molar-refractivity contribution in [3.05, 3.63) is 0 Å². The van der Waals surface area contributed by atoms with E-state index in [4.69, 9.17) is 16.6 Å². The molecular weight excluding hydrogens is 382 g/mol. The smallest absolute Gasteiger partial charge is 0.326 e. The highest BCUT2D eigenvalue weighted by molar-refractivity contribution is 7.80. The van der Waals surface area contributed by atoms with Gasteiger partial charge >= 0.3 is 5.97 Å². The highest BCUT2D eigenvalue weighted by atomic mass is 32.1. The number of hydrogen-bond donors (Lipinski definition) is 8.